The predicted molar refractivity (Wildman–Crippen MR) is 100 cm³/mol. The molecule has 3 rings (SSSR count). The number of carbonyl (C=O) groups is 2. The van der Waals surface area contributed by atoms with E-state index in [1.807, 2.05) is 23.1 Å². The number of hydrogen-bond acceptors (Lipinski definition) is 3. The summed E-state index contributed by atoms with van der Waals surface area (Å²) < 4.78 is 5.15. The van der Waals surface area contributed by atoms with Gasteiger partial charge >= 0.3 is 0 Å². The van der Waals surface area contributed by atoms with Crippen molar-refractivity contribution in [2.24, 2.45) is 5.92 Å². The van der Waals surface area contributed by atoms with Crippen molar-refractivity contribution in [1.29, 1.82) is 0 Å². The van der Waals surface area contributed by atoms with Gasteiger partial charge in [0.25, 0.3) is 5.91 Å². The molecule has 26 heavy (non-hydrogen) atoms. The number of likely N-dealkylation sites (tertiary alicyclic amines) is 1. The van der Waals surface area contributed by atoms with E-state index in [9.17, 15) is 9.59 Å². The summed E-state index contributed by atoms with van der Waals surface area (Å²) >= 11 is 6.00. The SMILES string of the molecule is CC[C@@H]1CN(C(=O)Cc2cccc(Cl)c2)CC[C@@H]1NC(=O)c1ccco1. The van der Waals surface area contributed by atoms with Crippen LogP contribution in [0.1, 0.15) is 35.9 Å². The molecule has 1 aromatic carbocycles. The zero-order chi connectivity index (χ0) is 18.5. The molecule has 0 radical (unpaired) electrons. The lowest BCUT2D eigenvalue weighted by Gasteiger charge is -2.38. The Balaban J connectivity index is 1.58. The van der Waals surface area contributed by atoms with Crippen LogP contribution in [0.15, 0.2) is 47.1 Å². The van der Waals surface area contributed by atoms with E-state index in [2.05, 4.69) is 12.2 Å². The molecule has 138 valence electrons. The Kier molecular flexibility index (Phi) is 5.99. The van der Waals surface area contributed by atoms with E-state index in [-0.39, 0.29) is 23.8 Å². The number of carbonyl (C=O) groups excluding carboxylic acids is 2. The van der Waals surface area contributed by atoms with Crippen molar-refractivity contribution in [1.82, 2.24) is 10.2 Å². The number of piperidine rings is 1. The van der Waals surface area contributed by atoms with Gasteiger partial charge in [-0.15, -0.1) is 0 Å². The van der Waals surface area contributed by atoms with E-state index >= 15 is 0 Å². The first-order valence-electron chi connectivity index (χ1n) is 8.93. The number of amides is 2. The fourth-order valence-corrected chi connectivity index (χ4v) is 3.66. The van der Waals surface area contributed by atoms with E-state index < -0.39 is 0 Å². The highest BCUT2D eigenvalue weighted by molar-refractivity contribution is 6.30. The lowest BCUT2D eigenvalue weighted by atomic mass is 9.89. The number of nitrogens with one attached hydrogen (secondary N) is 1. The number of furan rings is 1. The van der Waals surface area contributed by atoms with Gasteiger partial charge in [-0.05, 0) is 48.6 Å². The number of benzene rings is 1. The van der Waals surface area contributed by atoms with Crippen molar-refractivity contribution < 1.29 is 14.0 Å². The number of rotatable bonds is 5. The first-order chi connectivity index (χ1) is 12.6. The molecule has 0 aliphatic carbocycles. The maximum atomic E-state index is 12.6. The molecule has 1 N–H and O–H groups in total. The summed E-state index contributed by atoms with van der Waals surface area (Å²) in [5.41, 5.74) is 0.920. The quantitative estimate of drug-likeness (QED) is 0.870. The highest BCUT2D eigenvalue weighted by atomic mass is 35.5. The number of halogens is 1. The van der Waals surface area contributed by atoms with Gasteiger partial charge < -0.3 is 14.6 Å². The van der Waals surface area contributed by atoms with E-state index in [0.717, 1.165) is 18.4 Å². The normalized spacial score (nSPS) is 20.0. The fourth-order valence-electron chi connectivity index (χ4n) is 3.44. The standard InChI is InChI=1S/C20H23ClN2O3/c1-2-15-13-23(19(24)12-14-5-3-6-16(21)11-14)9-8-17(15)22-20(25)18-7-4-10-26-18/h3-7,10-11,15,17H,2,8-9,12-13H2,1H3,(H,22,25)/t15-,17+/m1/s1. The van der Waals surface area contributed by atoms with Crippen molar-refractivity contribution in [2.75, 3.05) is 13.1 Å². The van der Waals surface area contributed by atoms with Crippen molar-refractivity contribution in [3.63, 3.8) is 0 Å². The average Bonchev–Trinajstić information content (AvgIpc) is 3.16. The predicted octanol–water partition coefficient (Wildman–Crippen LogP) is 3.53. The number of hydrogen-bond donors (Lipinski definition) is 1. The number of nitrogens with zero attached hydrogens (tertiary/aromatic N) is 1. The summed E-state index contributed by atoms with van der Waals surface area (Å²) in [6, 6.07) is 10.8. The van der Waals surface area contributed by atoms with Gasteiger partial charge in [0, 0.05) is 24.2 Å². The van der Waals surface area contributed by atoms with Crippen LogP contribution in [0.25, 0.3) is 0 Å². The lowest BCUT2D eigenvalue weighted by Crippen LogP contribution is -2.52. The van der Waals surface area contributed by atoms with Gasteiger partial charge in [0.1, 0.15) is 0 Å². The second-order valence-electron chi connectivity index (χ2n) is 6.66. The van der Waals surface area contributed by atoms with Gasteiger partial charge in [-0.25, -0.2) is 0 Å². The molecule has 2 atom stereocenters. The van der Waals surface area contributed by atoms with Gasteiger partial charge in [-0.1, -0.05) is 30.7 Å². The Bertz CT molecular complexity index is 760. The van der Waals surface area contributed by atoms with Gasteiger partial charge in [0.05, 0.1) is 12.7 Å². The first-order valence-corrected chi connectivity index (χ1v) is 9.31. The molecular weight excluding hydrogens is 352 g/mol. The van der Waals surface area contributed by atoms with Crippen LogP contribution >= 0.6 is 11.6 Å². The zero-order valence-corrected chi connectivity index (χ0v) is 15.5. The third-order valence-electron chi connectivity index (χ3n) is 4.92. The Labute approximate surface area is 158 Å². The van der Waals surface area contributed by atoms with Crippen molar-refractivity contribution >= 4 is 23.4 Å². The van der Waals surface area contributed by atoms with E-state index in [1.165, 1.54) is 6.26 Å². The monoisotopic (exact) mass is 374 g/mol. The van der Waals surface area contributed by atoms with E-state index in [4.69, 9.17) is 16.0 Å². The highest BCUT2D eigenvalue weighted by Crippen LogP contribution is 2.22. The Morgan fingerprint density at radius 3 is 2.85 bits per heavy atom. The summed E-state index contributed by atoms with van der Waals surface area (Å²) in [6.45, 7) is 3.37. The average molecular weight is 375 g/mol. The molecule has 0 unspecified atom stereocenters. The van der Waals surface area contributed by atoms with Crippen LogP contribution in [0.5, 0.6) is 0 Å². The molecule has 2 amide bonds. The molecule has 2 heterocycles. The van der Waals surface area contributed by atoms with Gasteiger partial charge in [0.15, 0.2) is 5.76 Å². The minimum Gasteiger partial charge on any atom is -0.459 e. The topological polar surface area (TPSA) is 62.6 Å². The Hall–Kier alpha value is -2.27. The van der Waals surface area contributed by atoms with Crippen LogP contribution in [0.4, 0.5) is 0 Å². The van der Waals surface area contributed by atoms with Crippen molar-refractivity contribution in [3.8, 4) is 0 Å². The molecule has 0 bridgehead atoms. The van der Waals surface area contributed by atoms with Gasteiger partial charge in [0.2, 0.25) is 5.91 Å². The molecule has 1 aliphatic rings. The molecule has 2 aromatic rings. The summed E-state index contributed by atoms with van der Waals surface area (Å²) in [7, 11) is 0. The Morgan fingerprint density at radius 1 is 1.31 bits per heavy atom. The summed E-state index contributed by atoms with van der Waals surface area (Å²) in [4.78, 5) is 26.8. The van der Waals surface area contributed by atoms with Crippen molar-refractivity contribution in [3.05, 3.63) is 59.0 Å². The maximum Gasteiger partial charge on any atom is 0.287 e. The van der Waals surface area contributed by atoms with Gasteiger partial charge in [-0.2, -0.15) is 0 Å². The summed E-state index contributed by atoms with van der Waals surface area (Å²) in [5.74, 6) is 0.448. The van der Waals surface area contributed by atoms with E-state index in [0.29, 0.717) is 30.3 Å². The molecule has 1 aromatic heterocycles. The van der Waals surface area contributed by atoms with Crippen molar-refractivity contribution in [2.45, 2.75) is 32.2 Å². The van der Waals surface area contributed by atoms with Crippen LogP contribution in [-0.4, -0.2) is 35.8 Å². The van der Waals surface area contributed by atoms with Crippen LogP contribution in [-0.2, 0) is 11.2 Å². The fraction of sp³-hybridized carbons (Fsp3) is 0.400. The molecular formula is C20H23ClN2O3. The summed E-state index contributed by atoms with van der Waals surface area (Å²) in [5, 5.41) is 3.69. The highest BCUT2D eigenvalue weighted by Gasteiger charge is 2.31. The van der Waals surface area contributed by atoms with Crippen LogP contribution in [0.2, 0.25) is 5.02 Å². The first kappa shape index (κ1) is 18.5. The van der Waals surface area contributed by atoms with Crippen LogP contribution in [0, 0.1) is 5.92 Å². The largest absolute Gasteiger partial charge is 0.459 e. The third kappa shape index (κ3) is 4.47. The third-order valence-corrected chi connectivity index (χ3v) is 5.15. The molecule has 5 nitrogen and oxygen atoms in total. The molecule has 1 saturated heterocycles. The maximum absolute atomic E-state index is 12.6. The minimum atomic E-state index is -0.197. The molecule has 6 heteroatoms. The molecule has 0 saturated carbocycles. The second kappa shape index (κ2) is 8.41. The molecule has 1 fully saturated rings. The van der Waals surface area contributed by atoms with E-state index in [1.54, 1.807) is 18.2 Å². The minimum absolute atomic E-state index is 0.0489. The Morgan fingerprint density at radius 2 is 2.15 bits per heavy atom. The van der Waals surface area contributed by atoms with Crippen LogP contribution in [0.3, 0.4) is 0 Å². The summed E-state index contributed by atoms with van der Waals surface area (Å²) in [6.07, 6.45) is 3.47. The lowest BCUT2D eigenvalue weighted by molar-refractivity contribution is -0.132. The van der Waals surface area contributed by atoms with Gasteiger partial charge in [-0.3, -0.25) is 9.59 Å². The van der Waals surface area contributed by atoms with Crippen LogP contribution < -0.4 is 5.32 Å². The molecule has 0 spiro atoms. The second-order valence-corrected chi connectivity index (χ2v) is 7.10. The zero-order valence-electron chi connectivity index (χ0n) is 14.8. The molecule has 1 aliphatic heterocycles. The smallest absolute Gasteiger partial charge is 0.287 e.